The fraction of sp³-hybridized carbons (Fsp3) is 0.207. The van der Waals surface area contributed by atoms with Crippen LogP contribution in [0.5, 0.6) is 11.5 Å². The number of rotatable bonds is 5. The summed E-state index contributed by atoms with van der Waals surface area (Å²) in [6.45, 7) is 4.43. The first-order valence-electron chi connectivity index (χ1n) is 12.1. The molecule has 0 aliphatic carbocycles. The fourth-order valence-corrected chi connectivity index (χ4v) is 5.98. The smallest absolute Gasteiger partial charge is 0.301 e. The number of aromatic nitrogens is 1. The highest BCUT2D eigenvalue weighted by Gasteiger charge is 2.48. The Hall–Kier alpha value is -4.17. The zero-order valence-corrected chi connectivity index (χ0v) is 21.1. The predicted octanol–water partition coefficient (Wildman–Crippen LogP) is 5.64. The van der Waals surface area contributed by atoms with E-state index in [1.807, 2.05) is 68.4 Å². The standard InChI is InChI=1S/C29H24N2O5S/c1-3-35-20-10-11-21-23(15-20)37-29(30-21)31-25(17-7-5-4-6-8-17)24(27(33)28(31)34)26(32)18-9-12-22-19(14-18)13-16(2)36-22/h4-12,14-16,25,32H,3,13H2,1-2H3/b26-24+/t16-,25-/m1/s1. The van der Waals surface area contributed by atoms with Crippen LogP contribution in [0.3, 0.4) is 0 Å². The zero-order chi connectivity index (χ0) is 25.7. The molecule has 7 nitrogen and oxygen atoms in total. The van der Waals surface area contributed by atoms with E-state index in [-0.39, 0.29) is 17.4 Å². The number of hydrogen-bond donors (Lipinski definition) is 1. The van der Waals surface area contributed by atoms with Crippen LogP contribution in [0.2, 0.25) is 0 Å². The first-order chi connectivity index (χ1) is 17.9. The second-order valence-corrected chi connectivity index (χ2v) is 10.1. The highest BCUT2D eigenvalue weighted by molar-refractivity contribution is 7.22. The highest BCUT2D eigenvalue weighted by atomic mass is 32.1. The number of carbonyl (C=O) groups is 2. The molecule has 37 heavy (non-hydrogen) atoms. The molecule has 8 heteroatoms. The highest BCUT2D eigenvalue weighted by Crippen LogP contribution is 2.45. The summed E-state index contributed by atoms with van der Waals surface area (Å²) in [5.74, 6) is -0.202. The topological polar surface area (TPSA) is 89.0 Å². The Bertz CT molecular complexity index is 1580. The second kappa shape index (κ2) is 9.05. The molecule has 3 heterocycles. The van der Waals surface area contributed by atoms with Crippen molar-refractivity contribution in [1.29, 1.82) is 0 Å². The molecule has 0 bridgehead atoms. The molecule has 186 valence electrons. The molecule has 0 spiro atoms. The first-order valence-corrected chi connectivity index (χ1v) is 13.0. The summed E-state index contributed by atoms with van der Waals surface area (Å²) in [6, 6.07) is 19.3. The van der Waals surface area contributed by atoms with Crippen molar-refractivity contribution in [2.75, 3.05) is 11.5 Å². The molecule has 0 radical (unpaired) electrons. The van der Waals surface area contributed by atoms with Crippen LogP contribution in [0.15, 0.2) is 72.3 Å². The van der Waals surface area contributed by atoms with Gasteiger partial charge in [-0.3, -0.25) is 14.5 Å². The Morgan fingerprint density at radius 1 is 1.14 bits per heavy atom. The molecule has 2 aliphatic heterocycles. The summed E-state index contributed by atoms with van der Waals surface area (Å²) < 4.78 is 12.2. The Labute approximate surface area is 217 Å². The lowest BCUT2D eigenvalue weighted by molar-refractivity contribution is -0.132. The number of thiazole rings is 1. The summed E-state index contributed by atoms with van der Waals surface area (Å²) in [4.78, 5) is 33.0. The molecule has 1 fully saturated rings. The normalized spacial score (nSPS) is 20.3. The summed E-state index contributed by atoms with van der Waals surface area (Å²) in [5.41, 5.74) is 2.87. The number of nitrogens with zero attached hydrogens (tertiary/aromatic N) is 2. The molecule has 1 amide bonds. The second-order valence-electron chi connectivity index (χ2n) is 9.09. The third kappa shape index (κ3) is 3.94. The van der Waals surface area contributed by atoms with Crippen LogP contribution < -0.4 is 14.4 Å². The van der Waals surface area contributed by atoms with Gasteiger partial charge in [0.2, 0.25) is 0 Å². The molecule has 3 aromatic carbocycles. The monoisotopic (exact) mass is 512 g/mol. The van der Waals surface area contributed by atoms with Gasteiger partial charge in [-0.15, -0.1) is 0 Å². The van der Waals surface area contributed by atoms with E-state index in [0.29, 0.717) is 40.6 Å². The van der Waals surface area contributed by atoms with Crippen LogP contribution in [0.4, 0.5) is 5.13 Å². The van der Waals surface area contributed by atoms with Crippen LogP contribution >= 0.6 is 11.3 Å². The van der Waals surface area contributed by atoms with E-state index in [2.05, 4.69) is 4.98 Å². The minimum atomic E-state index is -0.823. The molecular formula is C29H24N2O5S. The van der Waals surface area contributed by atoms with E-state index in [1.54, 1.807) is 12.1 Å². The van der Waals surface area contributed by atoms with Crippen molar-refractivity contribution < 1.29 is 24.2 Å². The van der Waals surface area contributed by atoms with Crippen molar-refractivity contribution in [3.63, 3.8) is 0 Å². The van der Waals surface area contributed by atoms with E-state index in [0.717, 1.165) is 16.0 Å². The third-order valence-corrected chi connectivity index (χ3v) is 7.61. The largest absolute Gasteiger partial charge is 0.507 e. The molecule has 1 N–H and O–H groups in total. The van der Waals surface area contributed by atoms with Crippen molar-refractivity contribution in [2.45, 2.75) is 32.4 Å². The van der Waals surface area contributed by atoms with Gasteiger partial charge in [-0.25, -0.2) is 4.98 Å². The van der Waals surface area contributed by atoms with Crippen LogP contribution in [0.25, 0.3) is 16.0 Å². The van der Waals surface area contributed by atoms with E-state index in [1.165, 1.54) is 16.2 Å². The van der Waals surface area contributed by atoms with Gasteiger partial charge in [0, 0.05) is 12.0 Å². The molecule has 4 aromatic rings. The molecular weight excluding hydrogens is 488 g/mol. The number of ether oxygens (including phenoxy) is 2. The van der Waals surface area contributed by atoms with E-state index in [9.17, 15) is 14.7 Å². The third-order valence-electron chi connectivity index (χ3n) is 6.59. The Morgan fingerprint density at radius 2 is 1.95 bits per heavy atom. The van der Waals surface area contributed by atoms with Gasteiger partial charge in [-0.1, -0.05) is 41.7 Å². The van der Waals surface area contributed by atoms with Crippen LogP contribution in [-0.2, 0) is 16.0 Å². The number of aliphatic hydroxyl groups excluding tert-OH is 1. The fourth-order valence-electron chi connectivity index (χ4n) is 4.96. The minimum Gasteiger partial charge on any atom is -0.507 e. The minimum absolute atomic E-state index is 0.0392. The summed E-state index contributed by atoms with van der Waals surface area (Å²) >= 11 is 1.31. The molecule has 1 saturated heterocycles. The molecule has 2 atom stereocenters. The molecule has 6 rings (SSSR count). The summed E-state index contributed by atoms with van der Waals surface area (Å²) in [7, 11) is 0. The van der Waals surface area contributed by atoms with Gasteiger partial charge < -0.3 is 14.6 Å². The van der Waals surface area contributed by atoms with Crippen molar-refractivity contribution in [3.8, 4) is 11.5 Å². The van der Waals surface area contributed by atoms with Crippen molar-refractivity contribution in [1.82, 2.24) is 4.98 Å². The van der Waals surface area contributed by atoms with Crippen LogP contribution in [0, 0.1) is 0 Å². The van der Waals surface area contributed by atoms with Gasteiger partial charge in [0.05, 0.1) is 28.4 Å². The molecule has 0 saturated carbocycles. The van der Waals surface area contributed by atoms with Gasteiger partial charge in [-0.2, -0.15) is 0 Å². The van der Waals surface area contributed by atoms with Crippen LogP contribution in [0.1, 0.15) is 36.6 Å². The quantitative estimate of drug-likeness (QED) is 0.211. The number of amides is 1. The number of fused-ring (bicyclic) bond motifs is 2. The van der Waals surface area contributed by atoms with Crippen LogP contribution in [-0.4, -0.2) is 34.5 Å². The van der Waals surface area contributed by atoms with Crippen molar-refractivity contribution in [2.24, 2.45) is 0 Å². The summed E-state index contributed by atoms with van der Waals surface area (Å²) in [6.07, 6.45) is 0.757. The zero-order valence-electron chi connectivity index (χ0n) is 20.3. The number of Topliss-reactive ketones (excluding diaryl/α,β-unsaturated/α-hetero) is 1. The number of ketones is 1. The Balaban J connectivity index is 1.50. The van der Waals surface area contributed by atoms with Crippen molar-refractivity contribution in [3.05, 3.63) is 89.0 Å². The predicted molar refractivity (Wildman–Crippen MR) is 142 cm³/mol. The van der Waals surface area contributed by atoms with Gasteiger partial charge in [0.25, 0.3) is 5.78 Å². The molecule has 1 aromatic heterocycles. The maximum Gasteiger partial charge on any atom is 0.301 e. The number of hydrogen-bond acceptors (Lipinski definition) is 7. The first kappa shape index (κ1) is 23.2. The average Bonchev–Trinajstić information content (AvgIpc) is 3.56. The lowest BCUT2D eigenvalue weighted by Gasteiger charge is -2.23. The lowest BCUT2D eigenvalue weighted by Crippen LogP contribution is -2.29. The SMILES string of the molecule is CCOc1ccc2nc(N3C(=O)C(=O)/C(=C(/O)c4ccc5c(c4)C[C@@H](C)O5)[C@H]3c3ccccc3)sc2c1. The summed E-state index contributed by atoms with van der Waals surface area (Å²) in [5, 5.41) is 11.8. The maximum atomic E-state index is 13.5. The van der Waals surface area contributed by atoms with Crippen molar-refractivity contribution >= 4 is 44.1 Å². The number of benzene rings is 3. The van der Waals surface area contributed by atoms with Gasteiger partial charge >= 0.3 is 5.91 Å². The maximum absolute atomic E-state index is 13.5. The molecule has 0 unspecified atom stereocenters. The molecule has 2 aliphatic rings. The van der Waals surface area contributed by atoms with Gasteiger partial charge in [0.15, 0.2) is 5.13 Å². The number of aliphatic hydroxyl groups is 1. The Kier molecular flexibility index (Phi) is 5.68. The van der Waals surface area contributed by atoms with E-state index in [4.69, 9.17) is 9.47 Å². The number of carbonyl (C=O) groups excluding carboxylic acids is 2. The van der Waals surface area contributed by atoms with Gasteiger partial charge in [-0.05, 0) is 61.4 Å². The van der Waals surface area contributed by atoms with E-state index >= 15 is 0 Å². The number of anilines is 1. The van der Waals surface area contributed by atoms with Gasteiger partial charge in [0.1, 0.15) is 23.4 Å². The lowest BCUT2D eigenvalue weighted by atomic mass is 9.94. The average molecular weight is 513 g/mol. The Morgan fingerprint density at radius 3 is 2.73 bits per heavy atom. The van der Waals surface area contributed by atoms with E-state index < -0.39 is 17.7 Å².